The molecule has 0 spiro atoms. The highest BCUT2D eigenvalue weighted by Crippen LogP contribution is 2.35. The van der Waals surface area contributed by atoms with E-state index in [0.717, 1.165) is 12.1 Å². The molecule has 1 aliphatic heterocycles. The number of hydrogen-bond donors (Lipinski definition) is 1. The second-order valence-electron chi connectivity index (χ2n) is 5.08. The molecular formula is C13H14F3NO5S. The quantitative estimate of drug-likeness (QED) is 0.888. The van der Waals surface area contributed by atoms with Crippen LogP contribution in [0.3, 0.4) is 0 Å². The van der Waals surface area contributed by atoms with Crippen LogP contribution in [0.2, 0.25) is 0 Å². The molecule has 1 unspecified atom stereocenters. The Morgan fingerprint density at radius 2 is 2.09 bits per heavy atom. The predicted octanol–water partition coefficient (Wildman–Crippen LogP) is 1.56. The molecule has 1 fully saturated rings. The minimum Gasteiger partial charge on any atom is -0.494 e. The minimum absolute atomic E-state index is 0.182. The fourth-order valence-electron chi connectivity index (χ4n) is 2.37. The van der Waals surface area contributed by atoms with Crippen LogP contribution in [0.15, 0.2) is 23.1 Å². The first-order valence-electron chi connectivity index (χ1n) is 6.54. The van der Waals surface area contributed by atoms with Gasteiger partial charge in [-0.05, 0) is 24.6 Å². The van der Waals surface area contributed by atoms with Gasteiger partial charge in [0.05, 0.1) is 18.6 Å². The number of hydrogen-bond acceptors (Lipinski definition) is 4. The third-order valence-electron chi connectivity index (χ3n) is 3.62. The Labute approximate surface area is 130 Å². The molecule has 10 heteroatoms. The molecule has 2 rings (SSSR count). The number of aliphatic carboxylic acids is 1. The van der Waals surface area contributed by atoms with Crippen molar-refractivity contribution in [2.24, 2.45) is 5.92 Å². The van der Waals surface area contributed by atoms with Gasteiger partial charge in [-0.25, -0.2) is 21.6 Å². The van der Waals surface area contributed by atoms with Crippen molar-refractivity contribution in [2.45, 2.75) is 17.2 Å². The van der Waals surface area contributed by atoms with Gasteiger partial charge in [0.15, 0.2) is 11.6 Å². The van der Waals surface area contributed by atoms with E-state index in [4.69, 9.17) is 5.11 Å². The maximum atomic E-state index is 13.8. The van der Waals surface area contributed by atoms with Crippen LogP contribution < -0.4 is 4.74 Å². The molecule has 1 aromatic rings. The number of carbonyl (C=O) groups is 1. The Balaban J connectivity index is 2.31. The highest BCUT2D eigenvalue weighted by atomic mass is 32.2. The summed E-state index contributed by atoms with van der Waals surface area (Å²) in [5, 5.41) is 8.76. The Hall–Kier alpha value is -1.81. The zero-order chi connectivity index (χ0) is 17.4. The molecule has 0 bridgehead atoms. The molecule has 1 heterocycles. The van der Waals surface area contributed by atoms with Crippen LogP contribution in [0, 0.1) is 11.7 Å². The van der Waals surface area contributed by atoms with E-state index in [1.807, 2.05) is 0 Å². The molecule has 1 aliphatic rings. The van der Waals surface area contributed by atoms with E-state index in [2.05, 4.69) is 4.74 Å². The Morgan fingerprint density at radius 1 is 1.43 bits per heavy atom. The molecule has 6 nitrogen and oxygen atoms in total. The monoisotopic (exact) mass is 353 g/mol. The van der Waals surface area contributed by atoms with Crippen LogP contribution in [0.1, 0.15) is 6.42 Å². The van der Waals surface area contributed by atoms with Gasteiger partial charge < -0.3 is 9.84 Å². The zero-order valence-corrected chi connectivity index (χ0v) is 12.8. The minimum atomic E-state index is -4.36. The molecule has 1 atom stereocenters. The summed E-state index contributed by atoms with van der Waals surface area (Å²) in [4.78, 5) is 10.3. The second-order valence-corrected chi connectivity index (χ2v) is 7.01. The maximum absolute atomic E-state index is 13.8. The van der Waals surface area contributed by atoms with Gasteiger partial charge in [0, 0.05) is 6.54 Å². The molecule has 0 aromatic heterocycles. The number of halogens is 3. The van der Waals surface area contributed by atoms with Crippen LogP contribution >= 0.6 is 0 Å². The Kier molecular flexibility index (Phi) is 4.58. The lowest BCUT2D eigenvalue weighted by Crippen LogP contribution is -2.52. The normalized spacial score (nSPS) is 21.8. The second kappa shape index (κ2) is 6.00. The van der Waals surface area contributed by atoms with Crippen molar-refractivity contribution in [2.75, 3.05) is 20.2 Å². The van der Waals surface area contributed by atoms with Crippen LogP contribution in [0.5, 0.6) is 5.75 Å². The number of carboxylic acid groups (broad SMARTS) is 1. The van der Waals surface area contributed by atoms with Gasteiger partial charge >= 0.3 is 5.97 Å². The lowest BCUT2D eigenvalue weighted by molar-refractivity contribution is -0.163. The molecule has 0 amide bonds. The fourth-order valence-corrected chi connectivity index (χ4v) is 3.85. The lowest BCUT2D eigenvalue weighted by atomic mass is 9.94. The van der Waals surface area contributed by atoms with Crippen molar-refractivity contribution in [3.05, 3.63) is 24.0 Å². The number of benzene rings is 1. The summed E-state index contributed by atoms with van der Waals surface area (Å²) in [5.41, 5.74) is 0. The van der Waals surface area contributed by atoms with Crippen molar-refractivity contribution in [3.63, 3.8) is 0 Å². The topological polar surface area (TPSA) is 83.9 Å². The van der Waals surface area contributed by atoms with Crippen LogP contribution in [-0.2, 0) is 14.8 Å². The summed E-state index contributed by atoms with van der Waals surface area (Å²) < 4.78 is 71.1. The maximum Gasteiger partial charge on any atom is 0.312 e. The standard InChI is InChI=1S/C13H14F3NO5S/c1-22-11-3-2-8(6-10(11)14)23(20,21)17-5-4-9(12(18)19)13(15,16)7-17/h2-3,6,9H,4-5,7H2,1H3,(H,18,19). The summed E-state index contributed by atoms with van der Waals surface area (Å²) in [6.07, 6.45) is -0.528. The molecule has 23 heavy (non-hydrogen) atoms. The summed E-state index contributed by atoms with van der Waals surface area (Å²) >= 11 is 0. The lowest BCUT2D eigenvalue weighted by Gasteiger charge is -2.35. The summed E-state index contributed by atoms with van der Waals surface area (Å²) in [6, 6.07) is 2.79. The molecule has 0 saturated carbocycles. The fraction of sp³-hybridized carbons (Fsp3) is 0.462. The average molecular weight is 353 g/mol. The molecule has 0 radical (unpaired) electrons. The van der Waals surface area contributed by atoms with E-state index in [1.54, 1.807) is 0 Å². The van der Waals surface area contributed by atoms with Crippen molar-refractivity contribution in [1.82, 2.24) is 4.31 Å². The number of rotatable bonds is 4. The van der Waals surface area contributed by atoms with Crippen LogP contribution in [0.25, 0.3) is 0 Å². The van der Waals surface area contributed by atoms with Crippen molar-refractivity contribution >= 4 is 16.0 Å². The van der Waals surface area contributed by atoms with Gasteiger partial charge in [-0.2, -0.15) is 4.31 Å². The Morgan fingerprint density at radius 3 is 2.57 bits per heavy atom. The number of ether oxygens (including phenoxy) is 1. The third kappa shape index (κ3) is 3.27. The molecule has 0 aliphatic carbocycles. The van der Waals surface area contributed by atoms with Gasteiger partial charge in [0.2, 0.25) is 10.0 Å². The number of carboxylic acids is 1. The first-order valence-corrected chi connectivity index (χ1v) is 7.98. The summed E-state index contributed by atoms with van der Waals surface area (Å²) in [6.45, 7) is -1.65. The van der Waals surface area contributed by atoms with Gasteiger partial charge in [-0.1, -0.05) is 0 Å². The third-order valence-corrected chi connectivity index (χ3v) is 5.46. The van der Waals surface area contributed by atoms with Gasteiger partial charge in [-0.3, -0.25) is 4.79 Å². The van der Waals surface area contributed by atoms with Gasteiger partial charge in [-0.15, -0.1) is 0 Å². The molecule has 1 N–H and O–H groups in total. The van der Waals surface area contributed by atoms with Crippen molar-refractivity contribution in [1.29, 1.82) is 0 Å². The zero-order valence-electron chi connectivity index (χ0n) is 12.0. The number of methoxy groups -OCH3 is 1. The van der Waals surface area contributed by atoms with Crippen molar-refractivity contribution < 1.29 is 36.2 Å². The number of nitrogens with zero attached hydrogens (tertiary/aromatic N) is 1. The number of piperidine rings is 1. The summed E-state index contributed by atoms with van der Waals surface area (Å²) in [5.74, 6) is -8.45. The summed E-state index contributed by atoms with van der Waals surface area (Å²) in [7, 11) is -3.17. The van der Waals surface area contributed by atoms with Gasteiger partial charge in [0.1, 0.15) is 5.92 Å². The van der Waals surface area contributed by atoms with Crippen LogP contribution in [-0.4, -0.2) is 49.9 Å². The van der Waals surface area contributed by atoms with E-state index in [1.165, 1.54) is 7.11 Å². The molecule has 1 saturated heterocycles. The van der Waals surface area contributed by atoms with Gasteiger partial charge in [0.25, 0.3) is 5.92 Å². The van der Waals surface area contributed by atoms with Crippen molar-refractivity contribution in [3.8, 4) is 5.75 Å². The highest BCUT2D eigenvalue weighted by molar-refractivity contribution is 7.89. The van der Waals surface area contributed by atoms with Crippen LogP contribution in [0.4, 0.5) is 13.2 Å². The van der Waals surface area contributed by atoms with E-state index >= 15 is 0 Å². The molecule has 128 valence electrons. The van der Waals surface area contributed by atoms with E-state index < -0.39 is 51.5 Å². The largest absolute Gasteiger partial charge is 0.494 e. The first-order chi connectivity index (χ1) is 10.6. The molecular weight excluding hydrogens is 339 g/mol. The smallest absolute Gasteiger partial charge is 0.312 e. The van der Waals surface area contributed by atoms with E-state index in [0.29, 0.717) is 10.4 Å². The van der Waals surface area contributed by atoms with E-state index in [-0.39, 0.29) is 12.3 Å². The SMILES string of the molecule is COc1ccc(S(=O)(=O)N2CCC(C(=O)O)C(F)(F)C2)cc1F. The molecule has 1 aromatic carbocycles. The predicted molar refractivity (Wildman–Crippen MR) is 72.4 cm³/mol. The highest BCUT2D eigenvalue weighted by Gasteiger charge is 2.51. The number of alkyl halides is 2. The van der Waals surface area contributed by atoms with E-state index in [9.17, 15) is 26.4 Å². The first kappa shape index (κ1) is 17.5. The Bertz CT molecular complexity index is 722. The number of sulfonamides is 1. The average Bonchev–Trinajstić information content (AvgIpc) is 2.45.